The number of rotatable bonds is 10. The molecule has 0 bridgehead atoms. The van der Waals surface area contributed by atoms with E-state index in [2.05, 4.69) is 21.5 Å². The fourth-order valence-corrected chi connectivity index (χ4v) is 2.91. The maximum absolute atomic E-state index is 12.0. The summed E-state index contributed by atoms with van der Waals surface area (Å²) >= 11 is 4.99. The van der Waals surface area contributed by atoms with Crippen LogP contribution >= 0.6 is 12.2 Å². The highest BCUT2D eigenvalue weighted by Gasteiger charge is 2.09. The minimum absolute atomic E-state index is 0.0338. The van der Waals surface area contributed by atoms with Crippen molar-refractivity contribution in [3.63, 3.8) is 0 Å². The molecule has 0 saturated heterocycles. The number of benzene rings is 2. The molecule has 2 aromatic carbocycles. The molecule has 3 amide bonds. The van der Waals surface area contributed by atoms with Gasteiger partial charge in [-0.2, -0.15) is 0 Å². The predicted molar refractivity (Wildman–Crippen MR) is 136 cm³/mol. The highest BCUT2D eigenvalue weighted by atomic mass is 32.1. The molecule has 0 atom stereocenters. The molecule has 0 spiro atoms. The molecule has 0 unspecified atom stereocenters. The van der Waals surface area contributed by atoms with Gasteiger partial charge in [0.1, 0.15) is 5.75 Å². The van der Waals surface area contributed by atoms with Crippen LogP contribution in [0, 0.1) is 0 Å². The first-order chi connectivity index (χ1) is 16.8. The van der Waals surface area contributed by atoms with Crippen molar-refractivity contribution in [2.24, 2.45) is 0 Å². The Morgan fingerprint density at radius 2 is 1.60 bits per heavy atom. The van der Waals surface area contributed by atoms with Gasteiger partial charge in [0.25, 0.3) is 0 Å². The highest BCUT2D eigenvalue weighted by molar-refractivity contribution is 7.80. The SMILES string of the molecule is CCOc1ccc(NC(=O)CCC(=O)NNC(=S)NC(=O)C=Cc2ccc(OC)c(OC)c2)cc1. The van der Waals surface area contributed by atoms with Crippen molar-refractivity contribution in [3.8, 4) is 17.2 Å². The average molecular weight is 501 g/mol. The van der Waals surface area contributed by atoms with E-state index in [0.29, 0.717) is 35.1 Å². The van der Waals surface area contributed by atoms with Crippen LogP contribution in [0.3, 0.4) is 0 Å². The standard InChI is InChI=1S/C24H28N4O6S/c1-4-34-18-9-7-17(8-10-18)25-21(29)13-14-23(31)27-28-24(35)26-22(30)12-6-16-5-11-19(32-2)20(15-16)33-3/h5-12,15H,4,13-14H2,1-3H3,(H,25,29)(H,27,31)(H2,26,28,30,35). The third-order valence-corrected chi connectivity index (χ3v) is 4.62. The summed E-state index contributed by atoms with van der Waals surface area (Å²) in [4.78, 5) is 36.0. The molecular formula is C24H28N4O6S. The molecule has 4 N–H and O–H groups in total. The first-order valence-electron chi connectivity index (χ1n) is 10.7. The summed E-state index contributed by atoms with van der Waals surface area (Å²) in [7, 11) is 3.05. The molecule has 0 radical (unpaired) electrons. The summed E-state index contributed by atoms with van der Waals surface area (Å²) in [5.74, 6) is 0.522. The van der Waals surface area contributed by atoms with Crippen LogP contribution in [-0.4, -0.2) is 43.7 Å². The summed E-state index contributed by atoms with van der Waals surface area (Å²) in [5, 5.41) is 5.00. The van der Waals surface area contributed by atoms with Gasteiger partial charge in [-0.15, -0.1) is 0 Å². The van der Waals surface area contributed by atoms with Gasteiger partial charge in [-0.1, -0.05) is 6.07 Å². The Bertz CT molecular complexity index is 1070. The lowest BCUT2D eigenvalue weighted by molar-refractivity contribution is -0.124. The monoisotopic (exact) mass is 500 g/mol. The van der Waals surface area contributed by atoms with E-state index < -0.39 is 11.8 Å². The Morgan fingerprint density at radius 3 is 2.26 bits per heavy atom. The second kappa shape index (κ2) is 14.2. The summed E-state index contributed by atoms with van der Waals surface area (Å²) in [6.07, 6.45) is 2.74. The zero-order chi connectivity index (χ0) is 25.6. The first-order valence-corrected chi connectivity index (χ1v) is 11.1. The number of anilines is 1. The molecule has 0 aromatic heterocycles. The molecule has 0 aliphatic rings. The maximum atomic E-state index is 12.0. The van der Waals surface area contributed by atoms with Crippen molar-refractivity contribution in [1.29, 1.82) is 0 Å². The van der Waals surface area contributed by atoms with Crippen LogP contribution in [0.25, 0.3) is 6.08 Å². The number of hydrazine groups is 1. The summed E-state index contributed by atoms with van der Waals surface area (Å²) in [6, 6.07) is 12.1. The Hall–Kier alpha value is -4.12. The predicted octanol–water partition coefficient (Wildman–Crippen LogP) is 2.56. The largest absolute Gasteiger partial charge is 0.494 e. The lowest BCUT2D eigenvalue weighted by Gasteiger charge is -2.10. The van der Waals surface area contributed by atoms with Crippen molar-refractivity contribution in [1.82, 2.24) is 16.2 Å². The van der Waals surface area contributed by atoms with Crippen LogP contribution in [0.1, 0.15) is 25.3 Å². The average Bonchev–Trinajstić information content (AvgIpc) is 2.86. The van der Waals surface area contributed by atoms with Gasteiger partial charge in [-0.05, 0) is 67.2 Å². The third-order valence-electron chi connectivity index (χ3n) is 4.42. The van der Waals surface area contributed by atoms with Gasteiger partial charge in [0.15, 0.2) is 16.6 Å². The second-order valence-corrected chi connectivity index (χ2v) is 7.35. The molecule has 0 fully saturated rings. The summed E-state index contributed by atoms with van der Waals surface area (Å²) in [5.41, 5.74) is 6.07. The normalized spacial score (nSPS) is 10.3. The van der Waals surface area contributed by atoms with Gasteiger partial charge in [-0.3, -0.25) is 30.6 Å². The van der Waals surface area contributed by atoms with Crippen LogP contribution < -0.4 is 35.7 Å². The quantitative estimate of drug-likeness (QED) is 0.223. The second-order valence-electron chi connectivity index (χ2n) is 6.94. The molecule has 0 aliphatic carbocycles. The summed E-state index contributed by atoms with van der Waals surface area (Å²) in [6.45, 7) is 2.44. The van der Waals surface area contributed by atoms with Crippen molar-refractivity contribution >= 4 is 46.8 Å². The fraction of sp³-hybridized carbons (Fsp3) is 0.250. The van der Waals surface area contributed by atoms with Crippen molar-refractivity contribution in [2.75, 3.05) is 26.1 Å². The molecule has 0 saturated carbocycles. The first kappa shape index (κ1) is 27.1. The number of ether oxygens (including phenoxy) is 3. The Balaban J connectivity index is 1.69. The topological polar surface area (TPSA) is 127 Å². The molecule has 2 aromatic rings. The number of carbonyl (C=O) groups is 3. The molecule has 2 rings (SSSR count). The molecular weight excluding hydrogens is 472 g/mol. The number of hydrogen-bond acceptors (Lipinski definition) is 7. The van der Waals surface area contributed by atoms with Crippen LogP contribution in [-0.2, 0) is 14.4 Å². The van der Waals surface area contributed by atoms with E-state index in [1.807, 2.05) is 6.92 Å². The van der Waals surface area contributed by atoms with Crippen molar-refractivity contribution < 1.29 is 28.6 Å². The van der Waals surface area contributed by atoms with E-state index >= 15 is 0 Å². The van der Waals surface area contributed by atoms with E-state index in [4.69, 9.17) is 26.4 Å². The van der Waals surface area contributed by atoms with Crippen LogP contribution in [0.4, 0.5) is 5.69 Å². The van der Waals surface area contributed by atoms with Crippen molar-refractivity contribution in [2.45, 2.75) is 19.8 Å². The number of hydrogen-bond donors (Lipinski definition) is 4. The van der Waals surface area contributed by atoms with Crippen molar-refractivity contribution in [3.05, 3.63) is 54.1 Å². The van der Waals surface area contributed by atoms with E-state index in [9.17, 15) is 14.4 Å². The molecule has 0 aliphatic heterocycles. The number of thiocarbonyl (C=S) groups is 1. The Labute approximate surface area is 209 Å². The number of amides is 3. The van der Waals surface area contributed by atoms with E-state index in [0.717, 1.165) is 0 Å². The Morgan fingerprint density at radius 1 is 0.914 bits per heavy atom. The molecule has 35 heavy (non-hydrogen) atoms. The number of nitrogens with one attached hydrogen (secondary N) is 4. The zero-order valence-electron chi connectivity index (χ0n) is 19.7. The van der Waals surface area contributed by atoms with E-state index in [1.54, 1.807) is 48.5 Å². The van der Waals surface area contributed by atoms with Gasteiger partial charge in [0, 0.05) is 24.6 Å². The lowest BCUT2D eigenvalue weighted by Crippen LogP contribution is -2.48. The Kier molecular flexibility index (Phi) is 11.0. The van der Waals surface area contributed by atoms with Gasteiger partial charge in [-0.25, -0.2) is 0 Å². The molecule has 186 valence electrons. The third kappa shape index (κ3) is 9.72. The minimum atomic E-state index is -0.499. The van der Waals surface area contributed by atoms with E-state index in [1.165, 1.54) is 20.3 Å². The highest BCUT2D eigenvalue weighted by Crippen LogP contribution is 2.27. The van der Waals surface area contributed by atoms with Crippen LogP contribution in [0.15, 0.2) is 48.5 Å². The molecule has 11 heteroatoms. The maximum Gasteiger partial charge on any atom is 0.250 e. The summed E-state index contributed by atoms with van der Waals surface area (Å²) < 4.78 is 15.7. The smallest absolute Gasteiger partial charge is 0.250 e. The van der Waals surface area contributed by atoms with Gasteiger partial charge in [0.2, 0.25) is 17.7 Å². The van der Waals surface area contributed by atoms with Crippen LogP contribution in [0.2, 0.25) is 0 Å². The van der Waals surface area contributed by atoms with Gasteiger partial charge >= 0.3 is 0 Å². The van der Waals surface area contributed by atoms with Gasteiger partial charge < -0.3 is 19.5 Å². The van der Waals surface area contributed by atoms with E-state index in [-0.39, 0.29) is 23.9 Å². The van der Waals surface area contributed by atoms with Gasteiger partial charge in [0.05, 0.1) is 20.8 Å². The lowest BCUT2D eigenvalue weighted by atomic mass is 10.2. The van der Waals surface area contributed by atoms with Crippen LogP contribution in [0.5, 0.6) is 17.2 Å². The molecule has 0 heterocycles. The fourth-order valence-electron chi connectivity index (χ4n) is 2.75. The number of methoxy groups -OCH3 is 2. The zero-order valence-corrected chi connectivity index (χ0v) is 20.5. The number of carbonyl (C=O) groups excluding carboxylic acids is 3. The molecule has 10 nitrogen and oxygen atoms in total. The minimum Gasteiger partial charge on any atom is -0.494 e.